The second kappa shape index (κ2) is 8.49. The largest absolute Gasteiger partial charge is 0.487 e. The van der Waals surface area contributed by atoms with Crippen molar-refractivity contribution in [3.63, 3.8) is 0 Å². The molecule has 0 spiro atoms. The maximum absolute atomic E-state index is 12.7. The van der Waals surface area contributed by atoms with Crippen molar-refractivity contribution in [2.45, 2.75) is 5.57 Å². The van der Waals surface area contributed by atoms with Crippen LogP contribution in [0.5, 0.6) is 5.75 Å². The molecule has 0 saturated carbocycles. The number of hydrogen-bond donors (Lipinski definition) is 2. The molecule has 3 heterocycles. The molecule has 0 fully saturated rings. The summed E-state index contributed by atoms with van der Waals surface area (Å²) in [6.45, 7) is 0. The average Bonchev–Trinajstić information content (AvgIpc) is 3.29. The SMILES string of the molecule is O=C(Nc1ccc(OC(F)(F)Cl)cc1)c1cnc(-c2ccncc2)c(-c2ccn[nH]2)c1. The lowest BCUT2D eigenvalue weighted by Crippen LogP contribution is -2.16. The number of ether oxygens (including phenoxy) is 1. The molecule has 0 saturated heterocycles. The highest BCUT2D eigenvalue weighted by Crippen LogP contribution is 2.30. The Hall–Kier alpha value is -3.85. The van der Waals surface area contributed by atoms with Gasteiger partial charge >= 0.3 is 5.57 Å². The number of aromatic nitrogens is 4. The van der Waals surface area contributed by atoms with Crippen LogP contribution >= 0.6 is 11.6 Å². The third-order valence-corrected chi connectivity index (χ3v) is 4.32. The zero-order valence-corrected chi connectivity index (χ0v) is 16.5. The van der Waals surface area contributed by atoms with Gasteiger partial charge in [-0.1, -0.05) is 0 Å². The maximum Gasteiger partial charge on any atom is 0.487 e. The number of carbonyl (C=O) groups is 1. The fourth-order valence-electron chi connectivity index (χ4n) is 2.88. The Labute approximate surface area is 180 Å². The zero-order valence-electron chi connectivity index (χ0n) is 15.7. The number of pyridine rings is 2. The fraction of sp³-hybridized carbons (Fsp3) is 0.0476. The smallest absolute Gasteiger partial charge is 0.420 e. The Morgan fingerprint density at radius 1 is 1.06 bits per heavy atom. The van der Waals surface area contributed by atoms with Crippen LogP contribution < -0.4 is 10.1 Å². The second-order valence-electron chi connectivity index (χ2n) is 6.35. The van der Waals surface area contributed by atoms with Crippen LogP contribution in [0.3, 0.4) is 0 Å². The van der Waals surface area contributed by atoms with E-state index in [0.29, 0.717) is 28.2 Å². The van der Waals surface area contributed by atoms with E-state index in [-0.39, 0.29) is 5.75 Å². The number of nitrogens with one attached hydrogen (secondary N) is 2. The molecule has 4 aromatic rings. The number of carbonyl (C=O) groups excluding carboxylic acids is 1. The summed E-state index contributed by atoms with van der Waals surface area (Å²) in [5.41, 5.74) is -0.255. The molecule has 1 amide bonds. The van der Waals surface area contributed by atoms with Crippen molar-refractivity contribution in [2.75, 3.05) is 5.32 Å². The number of benzene rings is 1. The molecule has 0 aliphatic rings. The number of halogens is 3. The molecule has 0 aliphatic carbocycles. The molecule has 0 aliphatic heterocycles. The molecule has 10 heteroatoms. The van der Waals surface area contributed by atoms with Gasteiger partial charge in [-0.05, 0) is 48.5 Å². The van der Waals surface area contributed by atoms with Crippen LogP contribution in [0.25, 0.3) is 22.5 Å². The highest BCUT2D eigenvalue weighted by atomic mass is 35.5. The van der Waals surface area contributed by atoms with E-state index in [9.17, 15) is 13.6 Å². The molecule has 0 atom stereocenters. The first-order valence-electron chi connectivity index (χ1n) is 8.96. The summed E-state index contributed by atoms with van der Waals surface area (Å²) in [4.78, 5) is 21.2. The third-order valence-electron chi connectivity index (χ3n) is 4.24. The van der Waals surface area contributed by atoms with Crippen LogP contribution in [0.1, 0.15) is 10.4 Å². The summed E-state index contributed by atoms with van der Waals surface area (Å²) in [6.07, 6.45) is 6.37. The molecule has 0 bridgehead atoms. The van der Waals surface area contributed by atoms with Gasteiger partial charge in [0.25, 0.3) is 5.91 Å². The van der Waals surface area contributed by atoms with E-state index in [1.807, 2.05) is 12.1 Å². The highest BCUT2D eigenvalue weighted by molar-refractivity contribution is 6.20. The molecule has 2 N–H and O–H groups in total. The zero-order chi connectivity index (χ0) is 21.8. The van der Waals surface area contributed by atoms with Crippen LogP contribution in [0.2, 0.25) is 0 Å². The first kappa shape index (κ1) is 20.4. The monoisotopic (exact) mass is 441 g/mol. The van der Waals surface area contributed by atoms with Crippen molar-refractivity contribution < 1.29 is 18.3 Å². The van der Waals surface area contributed by atoms with E-state index in [4.69, 9.17) is 11.6 Å². The Morgan fingerprint density at radius 2 is 1.81 bits per heavy atom. The van der Waals surface area contributed by atoms with Crippen molar-refractivity contribution in [2.24, 2.45) is 0 Å². The topological polar surface area (TPSA) is 92.8 Å². The van der Waals surface area contributed by atoms with Gasteiger partial charge in [0.1, 0.15) is 5.75 Å². The number of rotatable bonds is 6. The molecule has 7 nitrogen and oxygen atoms in total. The van der Waals surface area contributed by atoms with Gasteiger partial charge in [0.15, 0.2) is 0 Å². The van der Waals surface area contributed by atoms with E-state index in [0.717, 1.165) is 5.56 Å². The first-order chi connectivity index (χ1) is 14.9. The van der Waals surface area contributed by atoms with Gasteiger partial charge in [-0.2, -0.15) is 5.10 Å². The van der Waals surface area contributed by atoms with Crippen LogP contribution in [0, 0.1) is 0 Å². The van der Waals surface area contributed by atoms with E-state index in [1.54, 1.807) is 30.7 Å². The lowest BCUT2D eigenvalue weighted by atomic mass is 10.0. The molecule has 156 valence electrons. The minimum absolute atomic E-state index is 0.136. The molecular weight excluding hydrogens is 428 g/mol. The van der Waals surface area contributed by atoms with Gasteiger partial charge in [0.05, 0.1) is 17.0 Å². The second-order valence-corrected chi connectivity index (χ2v) is 6.79. The van der Waals surface area contributed by atoms with Crippen LogP contribution in [0.4, 0.5) is 14.5 Å². The van der Waals surface area contributed by atoms with Gasteiger partial charge in [0.2, 0.25) is 0 Å². The molecule has 0 radical (unpaired) electrons. The summed E-state index contributed by atoms with van der Waals surface area (Å²) in [5.74, 6) is -0.561. The van der Waals surface area contributed by atoms with Gasteiger partial charge in [-0.15, -0.1) is 8.78 Å². The number of H-pyrrole nitrogens is 1. The standard InChI is InChI=1S/C21H14ClF2N5O2/c22-21(23,24)31-16-3-1-15(2-4-16)28-20(30)14-11-17(18-7-10-27-29-18)19(26-12-14)13-5-8-25-9-6-13/h1-12H,(H,27,29)(H,28,30). The van der Waals surface area contributed by atoms with Gasteiger partial charge in [0, 0.05) is 53.2 Å². The van der Waals surface area contributed by atoms with Gasteiger partial charge in [-0.3, -0.25) is 19.9 Å². The van der Waals surface area contributed by atoms with Crippen molar-refractivity contribution in [3.8, 4) is 28.3 Å². The lowest BCUT2D eigenvalue weighted by molar-refractivity contribution is -0.0964. The quantitative estimate of drug-likeness (QED) is 0.413. The van der Waals surface area contributed by atoms with E-state index < -0.39 is 11.5 Å². The number of alkyl halides is 3. The number of amides is 1. The van der Waals surface area contributed by atoms with Crippen molar-refractivity contribution in [3.05, 3.63) is 78.9 Å². The molecule has 1 aromatic carbocycles. The average molecular weight is 442 g/mol. The molecule has 3 aromatic heterocycles. The Kier molecular flexibility index (Phi) is 5.59. The van der Waals surface area contributed by atoms with Crippen molar-refractivity contribution in [1.82, 2.24) is 20.2 Å². The minimum atomic E-state index is -3.81. The predicted molar refractivity (Wildman–Crippen MR) is 111 cm³/mol. The fourth-order valence-corrected chi connectivity index (χ4v) is 2.97. The minimum Gasteiger partial charge on any atom is -0.420 e. The molecule has 31 heavy (non-hydrogen) atoms. The van der Waals surface area contributed by atoms with E-state index in [1.165, 1.54) is 30.5 Å². The summed E-state index contributed by atoms with van der Waals surface area (Å²) in [6, 6.07) is 12.5. The molecular formula is C21H14ClF2N5O2. The number of aromatic amines is 1. The normalized spacial score (nSPS) is 11.2. The first-order valence-corrected chi connectivity index (χ1v) is 9.34. The molecule has 0 unspecified atom stereocenters. The summed E-state index contributed by atoms with van der Waals surface area (Å²) >= 11 is 4.74. The predicted octanol–water partition coefficient (Wildman–Crippen LogP) is 4.95. The number of anilines is 1. The highest BCUT2D eigenvalue weighted by Gasteiger charge is 2.27. The Bertz CT molecular complexity index is 1180. The molecule has 4 rings (SSSR count). The van der Waals surface area contributed by atoms with Crippen LogP contribution in [-0.2, 0) is 0 Å². The lowest BCUT2D eigenvalue weighted by Gasteiger charge is -2.12. The van der Waals surface area contributed by atoms with Gasteiger partial charge < -0.3 is 10.1 Å². The van der Waals surface area contributed by atoms with Crippen molar-refractivity contribution in [1.29, 1.82) is 0 Å². The van der Waals surface area contributed by atoms with Crippen LogP contribution in [-0.4, -0.2) is 31.6 Å². The van der Waals surface area contributed by atoms with E-state index in [2.05, 4.69) is 30.2 Å². The number of nitrogens with zero attached hydrogens (tertiary/aromatic N) is 3. The summed E-state index contributed by atoms with van der Waals surface area (Å²) < 4.78 is 29.7. The Balaban J connectivity index is 1.60. The van der Waals surface area contributed by atoms with Crippen molar-refractivity contribution >= 4 is 23.2 Å². The maximum atomic E-state index is 12.7. The summed E-state index contributed by atoms with van der Waals surface area (Å²) in [5, 5.41) is 9.54. The summed E-state index contributed by atoms with van der Waals surface area (Å²) in [7, 11) is 0. The number of hydrogen-bond acceptors (Lipinski definition) is 5. The van der Waals surface area contributed by atoms with Gasteiger partial charge in [-0.25, -0.2) is 0 Å². The third kappa shape index (κ3) is 5.01. The Morgan fingerprint density at radius 3 is 2.45 bits per heavy atom. The van der Waals surface area contributed by atoms with Crippen LogP contribution in [0.15, 0.2) is 73.3 Å². The van der Waals surface area contributed by atoms with E-state index >= 15 is 0 Å².